The van der Waals surface area contributed by atoms with Crippen LogP contribution < -0.4 is 5.32 Å². The Bertz CT molecular complexity index is 308. The number of rotatable bonds is 9. The molecule has 0 saturated heterocycles. The molecule has 3 nitrogen and oxygen atoms in total. The molecule has 0 aliphatic carbocycles. The Kier molecular flexibility index (Phi) is 7.58. The lowest BCUT2D eigenvalue weighted by molar-refractivity contribution is 0.479. The fourth-order valence-corrected chi connectivity index (χ4v) is 2.11. The largest absolute Gasteiger partial charge is 0.310 e. The first-order valence-electron chi connectivity index (χ1n) is 7.23. The predicted molar refractivity (Wildman–Crippen MR) is 76.6 cm³/mol. The summed E-state index contributed by atoms with van der Waals surface area (Å²) in [6.45, 7) is 4.28. The lowest BCUT2D eigenvalue weighted by atomic mass is 10.1. The van der Waals surface area contributed by atoms with Crippen molar-refractivity contribution in [2.75, 3.05) is 7.05 Å². The minimum absolute atomic E-state index is 0.303. The molecule has 0 aromatic carbocycles. The smallest absolute Gasteiger partial charge is 0.145 e. The van der Waals surface area contributed by atoms with E-state index in [-0.39, 0.29) is 0 Å². The minimum Gasteiger partial charge on any atom is -0.310 e. The van der Waals surface area contributed by atoms with Gasteiger partial charge in [0, 0.05) is 12.4 Å². The second kappa shape index (κ2) is 9.03. The average Bonchev–Trinajstić information content (AvgIpc) is 2.39. The molecule has 102 valence electrons. The summed E-state index contributed by atoms with van der Waals surface area (Å²) in [5.74, 6) is 0.927. The van der Waals surface area contributed by atoms with Crippen LogP contribution in [0.15, 0.2) is 12.4 Å². The fraction of sp³-hybridized carbons (Fsp3) is 0.733. The molecule has 1 rings (SSSR count). The Labute approximate surface area is 111 Å². The van der Waals surface area contributed by atoms with Gasteiger partial charge in [-0.25, -0.2) is 9.97 Å². The molecule has 0 radical (unpaired) electrons. The molecule has 0 spiro atoms. The van der Waals surface area contributed by atoms with E-state index in [0.29, 0.717) is 6.04 Å². The van der Waals surface area contributed by atoms with Crippen molar-refractivity contribution >= 4 is 0 Å². The van der Waals surface area contributed by atoms with E-state index in [4.69, 9.17) is 0 Å². The van der Waals surface area contributed by atoms with Crippen molar-refractivity contribution < 1.29 is 0 Å². The zero-order valence-electron chi connectivity index (χ0n) is 12.1. The molecule has 1 heterocycles. The lowest BCUT2D eigenvalue weighted by Crippen LogP contribution is -2.19. The van der Waals surface area contributed by atoms with Crippen molar-refractivity contribution in [3.63, 3.8) is 0 Å². The SMILES string of the molecule is CCCCCCCCC(NC)c1ncc(C)cn1. The predicted octanol–water partition coefficient (Wildman–Crippen LogP) is 3.80. The Morgan fingerprint density at radius 3 is 2.28 bits per heavy atom. The molecular formula is C15H27N3. The van der Waals surface area contributed by atoms with Crippen LogP contribution in [0.5, 0.6) is 0 Å². The van der Waals surface area contributed by atoms with Crippen LogP contribution in [0, 0.1) is 6.92 Å². The Balaban J connectivity index is 2.27. The molecule has 1 aromatic rings. The maximum Gasteiger partial charge on any atom is 0.145 e. The molecule has 3 heteroatoms. The first kappa shape index (κ1) is 15.1. The van der Waals surface area contributed by atoms with Gasteiger partial charge < -0.3 is 5.32 Å². The Hall–Kier alpha value is -0.960. The third-order valence-corrected chi connectivity index (χ3v) is 3.31. The van der Waals surface area contributed by atoms with Gasteiger partial charge in [-0.15, -0.1) is 0 Å². The summed E-state index contributed by atoms with van der Waals surface area (Å²) in [5.41, 5.74) is 1.12. The molecule has 18 heavy (non-hydrogen) atoms. The van der Waals surface area contributed by atoms with Gasteiger partial charge in [-0.3, -0.25) is 0 Å². The van der Waals surface area contributed by atoms with Gasteiger partial charge in [0.05, 0.1) is 6.04 Å². The molecular weight excluding hydrogens is 222 g/mol. The van der Waals surface area contributed by atoms with E-state index in [2.05, 4.69) is 22.2 Å². The van der Waals surface area contributed by atoms with Gasteiger partial charge in [0.1, 0.15) is 5.82 Å². The Morgan fingerprint density at radius 1 is 1.06 bits per heavy atom. The maximum absolute atomic E-state index is 4.40. The van der Waals surface area contributed by atoms with E-state index in [1.165, 1.54) is 38.5 Å². The molecule has 1 aromatic heterocycles. The Morgan fingerprint density at radius 2 is 1.67 bits per heavy atom. The zero-order chi connectivity index (χ0) is 13.2. The molecule has 0 amide bonds. The molecule has 1 atom stereocenters. The van der Waals surface area contributed by atoms with Crippen LogP contribution in [0.4, 0.5) is 0 Å². The van der Waals surface area contributed by atoms with Gasteiger partial charge in [0.15, 0.2) is 0 Å². The van der Waals surface area contributed by atoms with Crippen LogP contribution in [0.3, 0.4) is 0 Å². The van der Waals surface area contributed by atoms with Gasteiger partial charge in [-0.1, -0.05) is 45.4 Å². The van der Waals surface area contributed by atoms with E-state index in [1.54, 1.807) is 0 Å². The highest BCUT2D eigenvalue weighted by molar-refractivity contribution is 5.04. The van der Waals surface area contributed by atoms with E-state index >= 15 is 0 Å². The van der Waals surface area contributed by atoms with Crippen LogP contribution >= 0.6 is 0 Å². The molecule has 0 aliphatic rings. The molecule has 0 fully saturated rings. The minimum atomic E-state index is 0.303. The quantitative estimate of drug-likeness (QED) is 0.676. The summed E-state index contributed by atoms with van der Waals surface area (Å²) in [6, 6.07) is 0.303. The van der Waals surface area contributed by atoms with Gasteiger partial charge in [-0.05, 0) is 26.0 Å². The number of aromatic nitrogens is 2. The number of aryl methyl sites for hydroxylation is 1. The van der Waals surface area contributed by atoms with Gasteiger partial charge in [0.2, 0.25) is 0 Å². The average molecular weight is 249 g/mol. The summed E-state index contributed by atoms with van der Waals surface area (Å²) >= 11 is 0. The summed E-state index contributed by atoms with van der Waals surface area (Å²) in [4.78, 5) is 8.81. The van der Waals surface area contributed by atoms with Gasteiger partial charge in [0.25, 0.3) is 0 Å². The van der Waals surface area contributed by atoms with Crippen molar-refractivity contribution in [1.82, 2.24) is 15.3 Å². The standard InChI is InChI=1S/C15H27N3/c1-4-5-6-7-8-9-10-14(16-3)15-17-11-13(2)12-18-15/h11-12,14,16H,4-10H2,1-3H3. The number of unbranched alkanes of at least 4 members (excludes halogenated alkanes) is 5. The van der Waals surface area contributed by atoms with Gasteiger partial charge >= 0.3 is 0 Å². The molecule has 1 unspecified atom stereocenters. The third-order valence-electron chi connectivity index (χ3n) is 3.31. The highest BCUT2D eigenvalue weighted by Crippen LogP contribution is 2.16. The second-order valence-corrected chi connectivity index (χ2v) is 5.02. The normalized spacial score (nSPS) is 12.6. The summed E-state index contributed by atoms with van der Waals surface area (Å²) in [5, 5.41) is 3.31. The highest BCUT2D eigenvalue weighted by Gasteiger charge is 2.11. The van der Waals surface area contributed by atoms with Crippen molar-refractivity contribution in [3.05, 3.63) is 23.8 Å². The van der Waals surface area contributed by atoms with E-state index in [0.717, 1.165) is 17.8 Å². The molecule has 0 bridgehead atoms. The van der Waals surface area contributed by atoms with Crippen LogP contribution in [-0.4, -0.2) is 17.0 Å². The number of hydrogen-bond donors (Lipinski definition) is 1. The van der Waals surface area contributed by atoms with Crippen LogP contribution in [0.1, 0.15) is 69.3 Å². The number of nitrogens with one attached hydrogen (secondary N) is 1. The summed E-state index contributed by atoms with van der Waals surface area (Å²) in [7, 11) is 1.99. The topological polar surface area (TPSA) is 37.8 Å². The summed E-state index contributed by atoms with van der Waals surface area (Å²) in [6.07, 6.45) is 12.9. The van der Waals surface area contributed by atoms with Gasteiger partial charge in [-0.2, -0.15) is 0 Å². The van der Waals surface area contributed by atoms with Crippen LogP contribution in [-0.2, 0) is 0 Å². The van der Waals surface area contributed by atoms with Crippen molar-refractivity contribution in [3.8, 4) is 0 Å². The summed E-state index contributed by atoms with van der Waals surface area (Å²) < 4.78 is 0. The number of nitrogens with zero attached hydrogens (tertiary/aromatic N) is 2. The zero-order valence-corrected chi connectivity index (χ0v) is 12.1. The first-order chi connectivity index (χ1) is 8.77. The second-order valence-electron chi connectivity index (χ2n) is 5.02. The molecule has 0 saturated carbocycles. The van der Waals surface area contributed by atoms with Crippen molar-refractivity contribution in [1.29, 1.82) is 0 Å². The first-order valence-corrected chi connectivity index (χ1v) is 7.23. The maximum atomic E-state index is 4.40. The van der Waals surface area contributed by atoms with E-state index in [1.807, 2.05) is 26.4 Å². The lowest BCUT2D eigenvalue weighted by Gasteiger charge is -2.14. The van der Waals surface area contributed by atoms with E-state index < -0.39 is 0 Å². The highest BCUT2D eigenvalue weighted by atomic mass is 15.0. The van der Waals surface area contributed by atoms with E-state index in [9.17, 15) is 0 Å². The van der Waals surface area contributed by atoms with Crippen LogP contribution in [0.25, 0.3) is 0 Å². The van der Waals surface area contributed by atoms with Crippen LogP contribution in [0.2, 0.25) is 0 Å². The molecule has 0 aliphatic heterocycles. The van der Waals surface area contributed by atoms with Crippen molar-refractivity contribution in [2.45, 2.75) is 64.8 Å². The fourth-order valence-electron chi connectivity index (χ4n) is 2.11. The molecule has 1 N–H and O–H groups in total. The number of hydrogen-bond acceptors (Lipinski definition) is 3. The third kappa shape index (κ3) is 5.58. The van der Waals surface area contributed by atoms with Crippen molar-refractivity contribution in [2.24, 2.45) is 0 Å². The monoisotopic (exact) mass is 249 g/mol.